The summed E-state index contributed by atoms with van der Waals surface area (Å²) >= 11 is 0. The number of carboxylic acid groups (broad SMARTS) is 1. The number of aliphatic carboxylic acids is 1. The molecule has 2 aromatic rings. The molecular weight excluding hydrogens is 300 g/mol. The van der Waals surface area contributed by atoms with Crippen molar-refractivity contribution in [1.82, 2.24) is 10.1 Å². The van der Waals surface area contributed by atoms with Crippen molar-refractivity contribution < 1.29 is 23.6 Å². The van der Waals surface area contributed by atoms with Crippen LogP contribution >= 0.6 is 0 Å². The Morgan fingerprint density at radius 3 is 2.74 bits per heavy atom. The lowest BCUT2D eigenvalue weighted by atomic mass is 9.76. The first-order valence-corrected chi connectivity index (χ1v) is 7.47. The third kappa shape index (κ3) is 2.52. The van der Waals surface area contributed by atoms with E-state index in [9.17, 15) is 14.7 Å². The van der Waals surface area contributed by atoms with Crippen LogP contribution in [0.25, 0.3) is 11.5 Å². The monoisotopic (exact) mass is 318 g/mol. The molecule has 1 atom stereocenters. The molecule has 1 fully saturated rings. The molecule has 0 aliphatic carbocycles. The summed E-state index contributed by atoms with van der Waals surface area (Å²) in [5.74, 6) is -0.394. The van der Waals surface area contributed by atoms with Crippen LogP contribution in [0.5, 0.6) is 0 Å². The van der Waals surface area contributed by atoms with Crippen LogP contribution in [-0.2, 0) is 4.79 Å². The summed E-state index contributed by atoms with van der Waals surface area (Å²) in [6, 6.07) is 4.93. The topological polar surface area (TPSA) is 96.8 Å². The molecule has 0 spiro atoms. The molecule has 7 nitrogen and oxygen atoms in total. The number of rotatable bonds is 4. The number of carbonyl (C=O) groups is 2. The molecule has 1 saturated heterocycles. The van der Waals surface area contributed by atoms with Gasteiger partial charge in [-0.1, -0.05) is 19.0 Å². The minimum absolute atomic E-state index is 0.0613. The summed E-state index contributed by atoms with van der Waals surface area (Å²) < 4.78 is 10.3. The number of nitrogens with zero attached hydrogens (tertiary/aromatic N) is 2. The number of amides is 1. The second kappa shape index (κ2) is 5.57. The van der Waals surface area contributed by atoms with Gasteiger partial charge in [0, 0.05) is 19.2 Å². The van der Waals surface area contributed by atoms with E-state index >= 15 is 0 Å². The standard InChI is InChI=1S/C16H18N2O5/c1-10(2)16(15(20)21)5-6-18(9-16)14(19)11-8-13(23-17-11)12-4-3-7-22-12/h3-4,7-8,10H,5-6,9H2,1-2H3,(H,20,21). The van der Waals surface area contributed by atoms with Crippen molar-refractivity contribution in [2.45, 2.75) is 20.3 Å². The summed E-state index contributed by atoms with van der Waals surface area (Å²) in [6.45, 7) is 4.31. The fourth-order valence-electron chi connectivity index (χ4n) is 2.97. The molecule has 122 valence electrons. The fraction of sp³-hybridized carbons (Fsp3) is 0.438. The number of likely N-dealkylation sites (tertiary alicyclic amines) is 1. The quantitative estimate of drug-likeness (QED) is 0.930. The molecule has 0 aromatic carbocycles. The van der Waals surface area contributed by atoms with Gasteiger partial charge in [-0.2, -0.15) is 0 Å². The van der Waals surface area contributed by atoms with E-state index in [1.165, 1.54) is 17.2 Å². The summed E-state index contributed by atoms with van der Waals surface area (Å²) in [4.78, 5) is 25.7. The van der Waals surface area contributed by atoms with Crippen LogP contribution in [0.15, 0.2) is 33.4 Å². The van der Waals surface area contributed by atoms with E-state index in [0.717, 1.165) is 0 Å². The van der Waals surface area contributed by atoms with Gasteiger partial charge in [-0.15, -0.1) is 0 Å². The van der Waals surface area contributed by atoms with Gasteiger partial charge in [0.2, 0.25) is 5.76 Å². The van der Waals surface area contributed by atoms with Gasteiger partial charge in [-0.25, -0.2) is 0 Å². The Morgan fingerprint density at radius 1 is 1.39 bits per heavy atom. The Hall–Kier alpha value is -2.57. The van der Waals surface area contributed by atoms with Crippen LogP contribution in [-0.4, -0.2) is 40.1 Å². The van der Waals surface area contributed by atoms with Gasteiger partial charge >= 0.3 is 5.97 Å². The second-order valence-electron chi connectivity index (χ2n) is 6.15. The Bertz CT molecular complexity index is 719. The second-order valence-corrected chi connectivity index (χ2v) is 6.15. The zero-order valence-corrected chi connectivity index (χ0v) is 13.0. The highest BCUT2D eigenvalue weighted by Crippen LogP contribution is 2.38. The molecule has 1 aliphatic heterocycles. The first-order valence-electron chi connectivity index (χ1n) is 7.47. The molecule has 3 rings (SSSR count). The van der Waals surface area contributed by atoms with Crippen molar-refractivity contribution >= 4 is 11.9 Å². The van der Waals surface area contributed by atoms with E-state index in [1.807, 2.05) is 13.8 Å². The highest BCUT2D eigenvalue weighted by molar-refractivity contribution is 5.94. The normalized spacial score (nSPS) is 21.1. The maximum atomic E-state index is 12.5. The lowest BCUT2D eigenvalue weighted by Gasteiger charge is -2.28. The van der Waals surface area contributed by atoms with Crippen molar-refractivity contribution in [3.63, 3.8) is 0 Å². The van der Waals surface area contributed by atoms with Crippen LogP contribution < -0.4 is 0 Å². The van der Waals surface area contributed by atoms with Crippen molar-refractivity contribution in [2.75, 3.05) is 13.1 Å². The van der Waals surface area contributed by atoms with E-state index in [-0.39, 0.29) is 24.1 Å². The lowest BCUT2D eigenvalue weighted by molar-refractivity contribution is -0.150. The summed E-state index contributed by atoms with van der Waals surface area (Å²) in [7, 11) is 0. The first-order chi connectivity index (χ1) is 10.9. The van der Waals surface area contributed by atoms with E-state index < -0.39 is 11.4 Å². The SMILES string of the molecule is CC(C)C1(C(=O)O)CCN(C(=O)c2cc(-c3ccco3)on2)C1. The highest BCUT2D eigenvalue weighted by atomic mass is 16.5. The van der Waals surface area contributed by atoms with Crippen LogP contribution in [0.1, 0.15) is 30.8 Å². The molecule has 23 heavy (non-hydrogen) atoms. The molecule has 0 saturated carbocycles. The van der Waals surface area contributed by atoms with Crippen LogP contribution in [0.2, 0.25) is 0 Å². The van der Waals surface area contributed by atoms with Crippen molar-refractivity contribution in [3.8, 4) is 11.5 Å². The Kier molecular flexibility index (Phi) is 3.71. The molecule has 0 bridgehead atoms. The minimum atomic E-state index is -0.900. The Morgan fingerprint density at radius 2 is 2.17 bits per heavy atom. The summed E-state index contributed by atoms with van der Waals surface area (Å²) in [5, 5.41) is 13.3. The fourth-order valence-corrected chi connectivity index (χ4v) is 2.97. The van der Waals surface area contributed by atoms with Crippen molar-refractivity contribution in [2.24, 2.45) is 11.3 Å². The Labute approximate surface area is 132 Å². The molecule has 1 unspecified atom stereocenters. The molecular formula is C16H18N2O5. The zero-order chi connectivity index (χ0) is 16.6. The maximum Gasteiger partial charge on any atom is 0.311 e. The predicted octanol–water partition coefficient (Wildman–Crippen LogP) is 2.51. The predicted molar refractivity (Wildman–Crippen MR) is 79.6 cm³/mol. The van der Waals surface area contributed by atoms with E-state index in [4.69, 9.17) is 8.94 Å². The van der Waals surface area contributed by atoms with Gasteiger partial charge in [0.25, 0.3) is 5.91 Å². The molecule has 2 aromatic heterocycles. The number of furan rings is 1. The van der Waals surface area contributed by atoms with Crippen molar-refractivity contribution in [1.29, 1.82) is 0 Å². The molecule has 7 heteroatoms. The van der Waals surface area contributed by atoms with Gasteiger partial charge in [0.15, 0.2) is 11.5 Å². The third-order valence-electron chi connectivity index (χ3n) is 4.61. The number of hydrogen-bond donors (Lipinski definition) is 1. The minimum Gasteiger partial charge on any atom is -0.481 e. The van der Waals surface area contributed by atoms with Gasteiger partial charge in [-0.3, -0.25) is 9.59 Å². The number of carbonyl (C=O) groups excluding carboxylic acids is 1. The van der Waals surface area contributed by atoms with Gasteiger partial charge in [0.05, 0.1) is 11.7 Å². The summed E-state index contributed by atoms with van der Waals surface area (Å²) in [5.41, 5.74) is -0.746. The smallest absolute Gasteiger partial charge is 0.311 e. The number of hydrogen-bond acceptors (Lipinski definition) is 5. The number of carboxylic acids is 1. The first kappa shape index (κ1) is 15.3. The van der Waals surface area contributed by atoms with E-state index in [0.29, 0.717) is 24.5 Å². The average molecular weight is 318 g/mol. The van der Waals surface area contributed by atoms with Crippen LogP contribution in [0, 0.1) is 11.3 Å². The molecule has 1 amide bonds. The highest BCUT2D eigenvalue weighted by Gasteiger charge is 2.48. The molecule has 3 heterocycles. The van der Waals surface area contributed by atoms with Gasteiger partial charge < -0.3 is 18.9 Å². The van der Waals surface area contributed by atoms with Crippen LogP contribution in [0.3, 0.4) is 0 Å². The zero-order valence-electron chi connectivity index (χ0n) is 13.0. The summed E-state index contributed by atoms with van der Waals surface area (Å²) in [6.07, 6.45) is 1.94. The third-order valence-corrected chi connectivity index (χ3v) is 4.61. The van der Waals surface area contributed by atoms with Gasteiger partial charge in [-0.05, 0) is 24.5 Å². The number of aromatic nitrogens is 1. The molecule has 1 aliphatic rings. The lowest BCUT2D eigenvalue weighted by Crippen LogP contribution is -2.40. The Balaban J connectivity index is 1.78. The average Bonchev–Trinajstić information content (AvgIpc) is 3.25. The van der Waals surface area contributed by atoms with Gasteiger partial charge in [0.1, 0.15) is 0 Å². The largest absolute Gasteiger partial charge is 0.481 e. The van der Waals surface area contributed by atoms with Crippen molar-refractivity contribution in [3.05, 3.63) is 30.2 Å². The van der Waals surface area contributed by atoms with Crippen LogP contribution in [0.4, 0.5) is 0 Å². The van der Waals surface area contributed by atoms with E-state index in [2.05, 4.69) is 5.16 Å². The maximum absolute atomic E-state index is 12.5. The molecule has 0 radical (unpaired) electrons. The van der Waals surface area contributed by atoms with E-state index in [1.54, 1.807) is 12.1 Å². The molecule has 1 N–H and O–H groups in total.